The third-order valence-electron chi connectivity index (χ3n) is 2.57. The van der Waals surface area contributed by atoms with Crippen LogP contribution in [0.5, 0.6) is 0 Å². The van der Waals surface area contributed by atoms with Crippen molar-refractivity contribution in [2.75, 3.05) is 19.8 Å². The minimum atomic E-state index is 0.737. The Hall–Kier alpha value is -1.28. The van der Waals surface area contributed by atoms with E-state index in [1.807, 2.05) is 18.2 Å². The van der Waals surface area contributed by atoms with Gasteiger partial charge in [-0.2, -0.15) is 0 Å². The van der Waals surface area contributed by atoms with Gasteiger partial charge in [-0.25, -0.2) is 0 Å². The highest BCUT2D eigenvalue weighted by molar-refractivity contribution is 5.59. The molecule has 0 radical (unpaired) electrons. The van der Waals surface area contributed by atoms with Crippen LogP contribution in [0.3, 0.4) is 0 Å². The molecule has 0 N–H and O–H groups in total. The van der Waals surface area contributed by atoms with E-state index in [0.717, 1.165) is 44.8 Å². The maximum absolute atomic E-state index is 5.79. The summed E-state index contributed by atoms with van der Waals surface area (Å²) < 4.78 is 11.2. The summed E-state index contributed by atoms with van der Waals surface area (Å²) in [6.07, 6.45) is 5.22. The van der Waals surface area contributed by atoms with Crippen LogP contribution < -0.4 is 0 Å². The Morgan fingerprint density at radius 2 is 1.69 bits per heavy atom. The van der Waals surface area contributed by atoms with Gasteiger partial charge in [-0.15, -0.1) is 0 Å². The summed E-state index contributed by atoms with van der Waals surface area (Å²) in [7, 11) is 0. The van der Waals surface area contributed by atoms with Crippen molar-refractivity contribution in [3.05, 3.63) is 42.0 Å². The molecule has 0 aromatic heterocycles. The minimum Gasteiger partial charge on any atom is -0.493 e. The molecule has 16 heavy (non-hydrogen) atoms. The lowest BCUT2D eigenvalue weighted by atomic mass is 10.1. The molecule has 1 aliphatic heterocycles. The summed E-state index contributed by atoms with van der Waals surface area (Å²) >= 11 is 0. The average Bonchev–Trinajstić information content (AvgIpc) is 2.37. The number of allylic oxidation sites excluding steroid dienone is 1. The molecule has 0 aliphatic carbocycles. The highest BCUT2D eigenvalue weighted by Gasteiger charge is 2.03. The van der Waals surface area contributed by atoms with E-state index >= 15 is 0 Å². The van der Waals surface area contributed by atoms with Gasteiger partial charge in [0.15, 0.2) is 0 Å². The van der Waals surface area contributed by atoms with Gasteiger partial charge in [-0.1, -0.05) is 30.3 Å². The number of ether oxygens (including phenoxy) is 2. The predicted octanol–water partition coefficient (Wildman–Crippen LogP) is 3.24. The second-order valence-corrected chi connectivity index (χ2v) is 3.89. The lowest BCUT2D eigenvalue weighted by Crippen LogP contribution is -2.04. The van der Waals surface area contributed by atoms with Crippen LogP contribution >= 0.6 is 0 Å². The molecule has 0 bridgehead atoms. The first-order valence-electron chi connectivity index (χ1n) is 5.93. The molecular formula is C14H18O2. The van der Waals surface area contributed by atoms with Crippen molar-refractivity contribution in [3.63, 3.8) is 0 Å². The Morgan fingerprint density at radius 3 is 2.56 bits per heavy atom. The van der Waals surface area contributed by atoms with Crippen molar-refractivity contribution in [2.45, 2.75) is 19.3 Å². The van der Waals surface area contributed by atoms with Crippen molar-refractivity contribution in [2.24, 2.45) is 0 Å². The van der Waals surface area contributed by atoms with Crippen LogP contribution in [-0.4, -0.2) is 19.8 Å². The van der Waals surface area contributed by atoms with Crippen molar-refractivity contribution in [1.29, 1.82) is 0 Å². The molecule has 1 aliphatic rings. The zero-order chi connectivity index (χ0) is 11.1. The van der Waals surface area contributed by atoms with E-state index in [1.165, 1.54) is 5.56 Å². The Labute approximate surface area is 96.9 Å². The van der Waals surface area contributed by atoms with E-state index < -0.39 is 0 Å². The molecule has 86 valence electrons. The number of hydrogen-bond donors (Lipinski definition) is 0. The second-order valence-electron chi connectivity index (χ2n) is 3.89. The SMILES string of the molecule is C1=C(/c2ccccc2)OCCCOCCC/1. The Morgan fingerprint density at radius 1 is 0.875 bits per heavy atom. The minimum absolute atomic E-state index is 0.737. The van der Waals surface area contributed by atoms with Gasteiger partial charge >= 0.3 is 0 Å². The Bertz CT molecular complexity index is 330. The molecule has 2 rings (SSSR count). The molecule has 2 heteroatoms. The quantitative estimate of drug-likeness (QED) is 0.720. The maximum Gasteiger partial charge on any atom is 0.122 e. The lowest BCUT2D eigenvalue weighted by Gasteiger charge is -2.13. The van der Waals surface area contributed by atoms with Crippen LogP contribution in [0.4, 0.5) is 0 Å². The van der Waals surface area contributed by atoms with Crippen LogP contribution in [0.25, 0.3) is 5.76 Å². The van der Waals surface area contributed by atoms with Gasteiger partial charge in [0.25, 0.3) is 0 Å². The van der Waals surface area contributed by atoms with Crippen molar-refractivity contribution >= 4 is 5.76 Å². The summed E-state index contributed by atoms with van der Waals surface area (Å²) in [6, 6.07) is 10.3. The van der Waals surface area contributed by atoms with E-state index in [9.17, 15) is 0 Å². The fraction of sp³-hybridized carbons (Fsp3) is 0.429. The number of rotatable bonds is 1. The first-order chi connectivity index (χ1) is 7.97. The molecule has 0 saturated carbocycles. The van der Waals surface area contributed by atoms with Gasteiger partial charge in [0.05, 0.1) is 6.61 Å². The average molecular weight is 218 g/mol. The van der Waals surface area contributed by atoms with Crippen LogP contribution in [0.15, 0.2) is 36.4 Å². The Balaban J connectivity index is 2.07. The molecule has 0 unspecified atom stereocenters. The molecule has 0 amide bonds. The van der Waals surface area contributed by atoms with E-state index in [1.54, 1.807) is 0 Å². The van der Waals surface area contributed by atoms with Crippen molar-refractivity contribution in [3.8, 4) is 0 Å². The molecule has 0 saturated heterocycles. The fourth-order valence-corrected chi connectivity index (χ4v) is 1.73. The molecule has 0 spiro atoms. The largest absolute Gasteiger partial charge is 0.493 e. The van der Waals surface area contributed by atoms with Crippen LogP contribution in [0.2, 0.25) is 0 Å². The van der Waals surface area contributed by atoms with Crippen LogP contribution in [-0.2, 0) is 9.47 Å². The first kappa shape index (κ1) is 11.2. The number of hydrogen-bond acceptors (Lipinski definition) is 2. The normalized spacial score (nSPS) is 21.6. The van der Waals surface area contributed by atoms with E-state index in [2.05, 4.69) is 18.2 Å². The second kappa shape index (κ2) is 6.33. The van der Waals surface area contributed by atoms with Crippen molar-refractivity contribution in [1.82, 2.24) is 0 Å². The first-order valence-corrected chi connectivity index (χ1v) is 5.93. The number of benzene rings is 1. The summed E-state index contributed by atoms with van der Waals surface area (Å²) in [5.41, 5.74) is 1.17. The molecule has 0 fully saturated rings. The van der Waals surface area contributed by atoms with Gasteiger partial charge in [-0.05, 0) is 18.9 Å². The Kier molecular flexibility index (Phi) is 4.44. The van der Waals surface area contributed by atoms with Gasteiger partial charge in [0.1, 0.15) is 5.76 Å². The zero-order valence-electron chi connectivity index (χ0n) is 9.52. The van der Waals surface area contributed by atoms with E-state index in [4.69, 9.17) is 9.47 Å². The summed E-state index contributed by atoms with van der Waals surface area (Å²) in [5.74, 6) is 1.02. The molecule has 0 atom stereocenters. The third-order valence-corrected chi connectivity index (χ3v) is 2.57. The highest BCUT2D eigenvalue weighted by Crippen LogP contribution is 2.17. The van der Waals surface area contributed by atoms with E-state index in [-0.39, 0.29) is 0 Å². The molecule has 1 aromatic carbocycles. The molecule has 1 heterocycles. The van der Waals surface area contributed by atoms with Gasteiger partial charge in [-0.3, -0.25) is 0 Å². The van der Waals surface area contributed by atoms with Gasteiger partial charge < -0.3 is 9.47 Å². The molecular weight excluding hydrogens is 200 g/mol. The van der Waals surface area contributed by atoms with Crippen molar-refractivity contribution < 1.29 is 9.47 Å². The van der Waals surface area contributed by atoms with E-state index in [0.29, 0.717) is 0 Å². The molecule has 2 nitrogen and oxygen atoms in total. The topological polar surface area (TPSA) is 18.5 Å². The third kappa shape index (κ3) is 3.38. The highest BCUT2D eigenvalue weighted by atomic mass is 16.5. The lowest BCUT2D eigenvalue weighted by molar-refractivity contribution is 0.111. The maximum atomic E-state index is 5.79. The predicted molar refractivity (Wildman–Crippen MR) is 65.0 cm³/mol. The van der Waals surface area contributed by atoms with Gasteiger partial charge in [0, 0.05) is 25.2 Å². The summed E-state index contributed by atoms with van der Waals surface area (Å²) in [4.78, 5) is 0. The smallest absolute Gasteiger partial charge is 0.122 e. The standard InChI is InChI=1S/C14H18O2/c1-2-7-13(8-3-1)14-9-4-5-10-15-11-6-12-16-14/h1-3,7-9H,4-6,10-12H2/b14-9-. The van der Waals surface area contributed by atoms with Crippen LogP contribution in [0.1, 0.15) is 24.8 Å². The summed E-state index contributed by atoms with van der Waals surface area (Å²) in [5, 5.41) is 0. The fourth-order valence-electron chi connectivity index (χ4n) is 1.73. The van der Waals surface area contributed by atoms with Gasteiger partial charge in [0.2, 0.25) is 0 Å². The van der Waals surface area contributed by atoms with Crippen LogP contribution in [0, 0.1) is 0 Å². The summed E-state index contributed by atoms with van der Waals surface area (Å²) in [6.45, 7) is 2.40. The monoisotopic (exact) mass is 218 g/mol. The zero-order valence-corrected chi connectivity index (χ0v) is 9.52. The molecule has 1 aromatic rings.